The first-order valence-electron chi connectivity index (χ1n) is 8.95. The molecular formula is C15H22N2O12P2. The van der Waals surface area contributed by atoms with Crippen LogP contribution in [0, 0.1) is 11.8 Å². The van der Waals surface area contributed by atoms with Gasteiger partial charge in [0.2, 0.25) is 0 Å². The first kappa shape index (κ1) is 25.6. The second-order valence-corrected chi connectivity index (χ2v) is 9.33. The van der Waals surface area contributed by atoms with Crippen molar-refractivity contribution in [1.29, 1.82) is 0 Å². The number of aliphatic hydroxyl groups is 2. The molecule has 0 amide bonds. The Balaban J connectivity index is 2.19. The van der Waals surface area contributed by atoms with Gasteiger partial charge in [0.15, 0.2) is 6.23 Å². The van der Waals surface area contributed by atoms with Gasteiger partial charge in [0.1, 0.15) is 23.9 Å². The standard InChI is InChI=1S/C15H22N2O12P2/c1-2-3-4-5-6-9-7-17(15(21)16-13(9)20)14-12(19)11(18)10(28-14)8-27-31(25,26)29-30(22,23)24/h7,10-12,14,18-19H,2-4,8H2,1H3,(H,25,26)(H,16,20,21)(H2,22,23,24)/t10-,11-,12-,14-/m1/s1. The number of ether oxygens (including phenoxy) is 1. The molecule has 0 spiro atoms. The summed E-state index contributed by atoms with van der Waals surface area (Å²) >= 11 is 0. The Kier molecular flexibility index (Phi) is 8.54. The van der Waals surface area contributed by atoms with Crippen LogP contribution in [0.3, 0.4) is 0 Å². The van der Waals surface area contributed by atoms with Gasteiger partial charge in [-0.1, -0.05) is 25.2 Å². The average molecular weight is 484 g/mol. The average Bonchev–Trinajstić information content (AvgIpc) is 2.91. The Morgan fingerprint density at radius 1 is 1.23 bits per heavy atom. The molecule has 2 rings (SSSR count). The molecule has 0 aliphatic carbocycles. The molecule has 174 valence electrons. The van der Waals surface area contributed by atoms with E-state index in [9.17, 15) is 33.8 Å². The van der Waals surface area contributed by atoms with Crippen molar-refractivity contribution in [3.05, 3.63) is 32.6 Å². The lowest BCUT2D eigenvalue weighted by atomic mass is 10.1. The summed E-state index contributed by atoms with van der Waals surface area (Å²) in [6.45, 7) is 1.04. The number of phosphoric ester groups is 1. The van der Waals surface area contributed by atoms with E-state index in [-0.39, 0.29) is 5.56 Å². The minimum atomic E-state index is -5.35. The van der Waals surface area contributed by atoms with E-state index in [0.717, 1.165) is 23.6 Å². The zero-order valence-electron chi connectivity index (χ0n) is 16.2. The fourth-order valence-corrected chi connectivity index (χ4v) is 4.21. The van der Waals surface area contributed by atoms with E-state index in [1.807, 2.05) is 11.9 Å². The molecule has 2 heterocycles. The molecule has 1 saturated heterocycles. The summed E-state index contributed by atoms with van der Waals surface area (Å²) in [6, 6.07) is 0. The van der Waals surface area contributed by atoms with Crippen molar-refractivity contribution in [2.75, 3.05) is 6.61 Å². The van der Waals surface area contributed by atoms with Crippen LogP contribution in [0.15, 0.2) is 15.8 Å². The zero-order chi connectivity index (χ0) is 23.4. The van der Waals surface area contributed by atoms with E-state index in [2.05, 4.69) is 20.7 Å². The highest BCUT2D eigenvalue weighted by atomic mass is 31.3. The fourth-order valence-electron chi connectivity index (χ4n) is 2.61. The van der Waals surface area contributed by atoms with Crippen LogP contribution >= 0.6 is 15.6 Å². The highest BCUT2D eigenvalue weighted by molar-refractivity contribution is 7.60. The molecule has 0 radical (unpaired) electrons. The molecule has 1 aromatic rings. The Hall–Kier alpha value is -1.62. The largest absolute Gasteiger partial charge is 0.481 e. The van der Waals surface area contributed by atoms with E-state index in [4.69, 9.17) is 14.5 Å². The van der Waals surface area contributed by atoms with Gasteiger partial charge in [-0.2, -0.15) is 4.31 Å². The van der Waals surface area contributed by atoms with E-state index in [1.54, 1.807) is 0 Å². The van der Waals surface area contributed by atoms with Crippen molar-refractivity contribution in [1.82, 2.24) is 9.55 Å². The van der Waals surface area contributed by atoms with Crippen LogP contribution in [0.5, 0.6) is 0 Å². The summed E-state index contributed by atoms with van der Waals surface area (Å²) in [5, 5.41) is 20.3. The third-order valence-electron chi connectivity index (χ3n) is 4.07. The Morgan fingerprint density at radius 3 is 2.52 bits per heavy atom. The zero-order valence-corrected chi connectivity index (χ0v) is 17.9. The van der Waals surface area contributed by atoms with Crippen molar-refractivity contribution in [3.8, 4) is 11.8 Å². The molecule has 6 N–H and O–H groups in total. The van der Waals surface area contributed by atoms with E-state index in [0.29, 0.717) is 6.42 Å². The van der Waals surface area contributed by atoms with Gasteiger partial charge in [-0.05, 0) is 6.42 Å². The van der Waals surface area contributed by atoms with Gasteiger partial charge in [0.05, 0.1) is 6.61 Å². The van der Waals surface area contributed by atoms with Crippen molar-refractivity contribution in [2.24, 2.45) is 0 Å². The Bertz CT molecular complexity index is 1050. The quantitative estimate of drug-likeness (QED) is 0.148. The molecule has 0 saturated carbocycles. The number of H-pyrrole nitrogens is 1. The Morgan fingerprint density at radius 2 is 1.90 bits per heavy atom. The van der Waals surface area contributed by atoms with Crippen molar-refractivity contribution >= 4 is 15.6 Å². The first-order valence-corrected chi connectivity index (χ1v) is 12.0. The molecule has 1 fully saturated rings. The summed E-state index contributed by atoms with van der Waals surface area (Å²) in [6.07, 6.45) is -3.19. The molecule has 1 aliphatic heterocycles. The summed E-state index contributed by atoms with van der Waals surface area (Å²) in [5.41, 5.74) is -1.82. The van der Waals surface area contributed by atoms with Gasteiger partial charge >= 0.3 is 21.3 Å². The molecular weight excluding hydrogens is 462 g/mol. The second-order valence-electron chi connectivity index (χ2n) is 6.50. The summed E-state index contributed by atoms with van der Waals surface area (Å²) in [4.78, 5) is 52.5. The maximum absolute atomic E-state index is 12.2. The number of aliphatic hydroxyl groups excluding tert-OH is 2. The highest BCUT2D eigenvalue weighted by Gasteiger charge is 2.45. The molecule has 16 heteroatoms. The number of nitrogens with one attached hydrogen (secondary N) is 1. The minimum Gasteiger partial charge on any atom is -0.387 e. The van der Waals surface area contributed by atoms with Crippen molar-refractivity contribution < 1.29 is 47.6 Å². The van der Waals surface area contributed by atoms with E-state index in [1.165, 1.54) is 0 Å². The van der Waals surface area contributed by atoms with Gasteiger partial charge in [0, 0.05) is 12.6 Å². The van der Waals surface area contributed by atoms with Crippen LogP contribution in [0.25, 0.3) is 0 Å². The number of aromatic amines is 1. The number of hydrogen-bond acceptors (Lipinski definition) is 9. The van der Waals surface area contributed by atoms with Crippen LogP contribution in [-0.2, 0) is 22.7 Å². The first-order chi connectivity index (χ1) is 14.3. The predicted molar refractivity (Wildman–Crippen MR) is 103 cm³/mol. The number of nitrogens with zero attached hydrogens (tertiary/aromatic N) is 1. The molecule has 1 aromatic heterocycles. The lowest BCUT2D eigenvalue weighted by molar-refractivity contribution is -0.0542. The number of hydrogen-bond donors (Lipinski definition) is 6. The number of aromatic nitrogens is 2. The summed E-state index contributed by atoms with van der Waals surface area (Å²) < 4.78 is 36.2. The summed E-state index contributed by atoms with van der Waals surface area (Å²) in [7, 11) is -10.6. The lowest BCUT2D eigenvalue weighted by Gasteiger charge is -2.18. The van der Waals surface area contributed by atoms with Gasteiger partial charge < -0.3 is 29.6 Å². The van der Waals surface area contributed by atoms with Gasteiger partial charge in [0.25, 0.3) is 5.56 Å². The predicted octanol–water partition coefficient (Wildman–Crippen LogP) is -1.08. The number of unbranched alkanes of at least 4 members (excludes halogenated alkanes) is 2. The Labute approximate surface area is 175 Å². The smallest absolute Gasteiger partial charge is 0.387 e. The van der Waals surface area contributed by atoms with Gasteiger partial charge in [-0.3, -0.25) is 18.9 Å². The fraction of sp³-hybridized carbons (Fsp3) is 0.600. The maximum Gasteiger partial charge on any atom is 0.481 e. The number of rotatable bonds is 8. The monoisotopic (exact) mass is 484 g/mol. The third kappa shape index (κ3) is 7.20. The third-order valence-corrected chi connectivity index (χ3v) is 6.22. The van der Waals surface area contributed by atoms with Crippen LogP contribution in [-0.4, -0.2) is 59.4 Å². The van der Waals surface area contributed by atoms with Gasteiger partial charge in [-0.15, -0.1) is 0 Å². The van der Waals surface area contributed by atoms with Crippen molar-refractivity contribution in [2.45, 2.75) is 50.7 Å². The molecule has 1 aliphatic rings. The second kappa shape index (κ2) is 10.3. The van der Waals surface area contributed by atoms with Crippen molar-refractivity contribution in [3.63, 3.8) is 0 Å². The topological polar surface area (TPSA) is 218 Å². The molecule has 1 unspecified atom stereocenters. The molecule has 0 aromatic carbocycles. The van der Waals surface area contributed by atoms with Crippen LogP contribution in [0.2, 0.25) is 0 Å². The molecule has 0 bridgehead atoms. The maximum atomic E-state index is 12.2. The van der Waals surface area contributed by atoms with E-state index < -0.39 is 58.0 Å². The summed E-state index contributed by atoms with van der Waals surface area (Å²) in [5.74, 6) is 5.38. The van der Waals surface area contributed by atoms with Crippen LogP contribution in [0.1, 0.15) is 38.0 Å². The lowest BCUT2D eigenvalue weighted by Crippen LogP contribution is -2.38. The molecule has 5 atom stereocenters. The van der Waals surface area contributed by atoms with Crippen LogP contribution < -0.4 is 11.2 Å². The normalized spacial score (nSPS) is 25.6. The minimum absolute atomic E-state index is 0.0874. The molecule has 31 heavy (non-hydrogen) atoms. The highest BCUT2D eigenvalue weighted by Crippen LogP contribution is 2.57. The number of phosphoric acid groups is 2. The SMILES string of the molecule is CCCCC#Cc1cn([C@@H]2O[C@H](COP(=O)(O)OP(=O)(O)O)[C@@H](O)[C@H]2O)c(=O)[nH]c1=O. The van der Waals surface area contributed by atoms with E-state index >= 15 is 0 Å². The van der Waals surface area contributed by atoms with Gasteiger partial charge in [-0.25, -0.2) is 13.9 Å². The van der Waals surface area contributed by atoms with Crippen LogP contribution in [0.4, 0.5) is 0 Å². The molecule has 14 nitrogen and oxygen atoms in total.